The molecular weight excluding hydrogens is 372 g/mol. The first-order valence-electron chi connectivity index (χ1n) is 8.43. The van der Waals surface area contributed by atoms with Gasteiger partial charge >= 0.3 is 0 Å². The maximum atomic E-state index is 14.4. The number of halogens is 2. The Morgan fingerprint density at radius 3 is 2.89 bits per heavy atom. The van der Waals surface area contributed by atoms with E-state index in [0.29, 0.717) is 12.4 Å². The lowest BCUT2D eigenvalue weighted by molar-refractivity contribution is -0.134. The van der Waals surface area contributed by atoms with Crippen molar-refractivity contribution in [2.24, 2.45) is 16.8 Å². The molecule has 5 nitrogen and oxygen atoms in total. The summed E-state index contributed by atoms with van der Waals surface area (Å²) in [5.74, 6) is -1.15. The van der Waals surface area contributed by atoms with E-state index >= 15 is 0 Å². The molecule has 0 bridgehead atoms. The van der Waals surface area contributed by atoms with Crippen LogP contribution in [0.25, 0.3) is 0 Å². The highest BCUT2D eigenvalue weighted by Crippen LogP contribution is 2.56. The van der Waals surface area contributed by atoms with Gasteiger partial charge in [0.1, 0.15) is 22.4 Å². The summed E-state index contributed by atoms with van der Waals surface area (Å²) in [6.07, 6.45) is 0. The van der Waals surface area contributed by atoms with Gasteiger partial charge in [-0.25, -0.2) is 13.8 Å². The first-order valence-corrected chi connectivity index (χ1v) is 9.25. The normalized spacial score (nSPS) is 23.8. The molecule has 2 aromatic carbocycles. The summed E-state index contributed by atoms with van der Waals surface area (Å²) in [6.45, 7) is 1.92. The van der Waals surface area contributed by atoms with Gasteiger partial charge in [0.05, 0.1) is 6.61 Å². The molecule has 0 saturated heterocycles. The number of ether oxygens (including phenoxy) is 1. The molecule has 2 atom stereocenters. The first-order chi connectivity index (χ1) is 13.0. The molecule has 0 saturated carbocycles. The lowest BCUT2D eigenvalue weighted by Gasteiger charge is -2.44. The van der Waals surface area contributed by atoms with Crippen LogP contribution >= 0.6 is 11.8 Å². The van der Waals surface area contributed by atoms with Crippen molar-refractivity contribution in [1.29, 1.82) is 0 Å². The molecular formula is C19H17F2N3O2S. The van der Waals surface area contributed by atoms with Crippen LogP contribution in [0.3, 0.4) is 0 Å². The van der Waals surface area contributed by atoms with Gasteiger partial charge in [-0.15, -0.1) is 0 Å². The Bertz CT molecular complexity index is 952. The molecule has 27 heavy (non-hydrogen) atoms. The summed E-state index contributed by atoms with van der Waals surface area (Å²) in [5, 5.41) is 5.94. The van der Waals surface area contributed by atoms with E-state index in [1.807, 2.05) is 24.3 Å². The summed E-state index contributed by atoms with van der Waals surface area (Å²) >= 11 is 1.21. The van der Waals surface area contributed by atoms with Crippen molar-refractivity contribution in [3.63, 3.8) is 0 Å². The average Bonchev–Trinajstić information content (AvgIpc) is 3.05. The molecule has 0 unspecified atom stereocenters. The number of para-hydroxylation sites is 1. The fraction of sp³-hybridized carbons (Fsp3) is 0.263. The molecule has 140 valence electrons. The molecule has 1 amide bonds. The summed E-state index contributed by atoms with van der Waals surface area (Å²) < 4.78 is 33.9. The van der Waals surface area contributed by atoms with Gasteiger partial charge < -0.3 is 10.5 Å². The quantitative estimate of drug-likeness (QED) is 0.857. The summed E-state index contributed by atoms with van der Waals surface area (Å²) in [4.78, 5) is 11.5. The zero-order valence-electron chi connectivity index (χ0n) is 14.5. The molecule has 0 radical (unpaired) electrons. The number of nitrogens with two attached hydrogens (primary N) is 1. The van der Waals surface area contributed by atoms with Crippen molar-refractivity contribution < 1.29 is 18.3 Å². The van der Waals surface area contributed by atoms with Gasteiger partial charge in [0.15, 0.2) is 4.87 Å². The molecule has 2 heterocycles. The van der Waals surface area contributed by atoms with Crippen LogP contribution in [0.5, 0.6) is 5.75 Å². The van der Waals surface area contributed by atoms with Gasteiger partial charge in [-0.1, -0.05) is 30.0 Å². The zero-order chi connectivity index (χ0) is 19.2. The number of amides is 1. The number of carbonyl (C=O) groups excluding carboxylic acids is 1. The molecule has 2 N–H and O–H groups in total. The van der Waals surface area contributed by atoms with Crippen molar-refractivity contribution >= 4 is 22.7 Å². The third-order valence-corrected chi connectivity index (χ3v) is 6.30. The van der Waals surface area contributed by atoms with E-state index in [4.69, 9.17) is 10.5 Å². The summed E-state index contributed by atoms with van der Waals surface area (Å²) in [6, 6.07) is 10.5. The standard InChI is InChI=1S/C19H17F2N3O2S/c1-11(25)24-19(12(9-22)10-26-17-5-3-2-4-15(17)19)27-18(23-24)14-8-13(20)6-7-16(14)21/h2-8,12H,9-10,22H2,1H3/t12-,19-/m1/s1. The van der Waals surface area contributed by atoms with E-state index in [9.17, 15) is 13.6 Å². The van der Waals surface area contributed by atoms with Crippen molar-refractivity contribution in [2.45, 2.75) is 11.8 Å². The van der Waals surface area contributed by atoms with Crippen LogP contribution in [-0.2, 0) is 9.67 Å². The lowest BCUT2D eigenvalue weighted by atomic mass is 9.89. The van der Waals surface area contributed by atoms with Crippen LogP contribution in [0, 0.1) is 17.6 Å². The molecule has 8 heteroatoms. The second-order valence-corrected chi connectivity index (χ2v) is 7.61. The Morgan fingerprint density at radius 1 is 1.37 bits per heavy atom. The van der Waals surface area contributed by atoms with Crippen LogP contribution in [0.2, 0.25) is 0 Å². The zero-order valence-corrected chi connectivity index (χ0v) is 15.3. The monoisotopic (exact) mass is 389 g/mol. The second kappa shape index (κ2) is 6.61. The Balaban J connectivity index is 1.90. The number of benzene rings is 2. The molecule has 2 aromatic rings. The number of hydrogen-bond donors (Lipinski definition) is 1. The van der Waals surface area contributed by atoms with Gasteiger partial charge in [-0.3, -0.25) is 4.79 Å². The Kier molecular flexibility index (Phi) is 4.39. The fourth-order valence-corrected chi connectivity index (χ4v) is 5.06. The number of rotatable bonds is 2. The van der Waals surface area contributed by atoms with E-state index < -0.39 is 16.5 Å². The molecule has 4 rings (SSSR count). The Morgan fingerprint density at radius 2 is 2.15 bits per heavy atom. The maximum absolute atomic E-state index is 14.4. The van der Waals surface area contributed by atoms with Crippen LogP contribution in [0.15, 0.2) is 47.6 Å². The van der Waals surface area contributed by atoms with Gasteiger partial charge in [-0.05, 0) is 24.3 Å². The van der Waals surface area contributed by atoms with E-state index in [2.05, 4.69) is 5.10 Å². The molecule has 2 aliphatic rings. The molecule has 0 fully saturated rings. The Hall–Kier alpha value is -2.45. The number of thioether (sulfide) groups is 1. The van der Waals surface area contributed by atoms with Gasteiger partial charge in [0, 0.05) is 30.5 Å². The van der Waals surface area contributed by atoms with Crippen molar-refractivity contribution in [2.75, 3.05) is 13.2 Å². The maximum Gasteiger partial charge on any atom is 0.241 e. The van der Waals surface area contributed by atoms with Crippen molar-refractivity contribution in [3.8, 4) is 5.75 Å². The number of nitrogens with zero attached hydrogens (tertiary/aromatic N) is 2. The highest BCUT2D eigenvalue weighted by Gasteiger charge is 2.56. The minimum atomic E-state index is -0.969. The van der Waals surface area contributed by atoms with Crippen LogP contribution < -0.4 is 10.5 Å². The number of carbonyl (C=O) groups is 1. The van der Waals surface area contributed by atoms with Crippen LogP contribution in [0.1, 0.15) is 18.1 Å². The molecule has 1 spiro atoms. The van der Waals surface area contributed by atoms with Crippen molar-refractivity contribution in [3.05, 3.63) is 65.2 Å². The van der Waals surface area contributed by atoms with Gasteiger partial charge in [0.2, 0.25) is 5.91 Å². The van der Waals surface area contributed by atoms with E-state index in [1.165, 1.54) is 23.7 Å². The van der Waals surface area contributed by atoms with Crippen LogP contribution in [-0.4, -0.2) is 29.1 Å². The van der Waals surface area contributed by atoms with Crippen molar-refractivity contribution in [1.82, 2.24) is 5.01 Å². The lowest BCUT2D eigenvalue weighted by Crippen LogP contribution is -2.52. The number of fused-ring (bicyclic) bond motifs is 2. The van der Waals surface area contributed by atoms with Gasteiger partial charge in [-0.2, -0.15) is 5.10 Å². The highest BCUT2D eigenvalue weighted by molar-refractivity contribution is 8.15. The Labute approximate surface area is 159 Å². The minimum Gasteiger partial charge on any atom is -0.493 e. The van der Waals surface area contributed by atoms with Gasteiger partial charge in [0.25, 0.3) is 0 Å². The SMILES string of the molecule is CC(=O)N1N=C(c2cc(F)ccc2F)S[C@]12c1ccccc1OC[C@H]2CN. The topological polar surface area (TPSA) is 67.9 Å². The predicted molar refractivity (Wildman–Crippen MR) is 99.2 cm³/mol. The summed E-state index contributed by atoms with van der Waals surface area (Å²) in [5.41, 5.74) is 6.75. The fourth-order valence-electron chi connectivity index (χ4n) is 3.52. The highest BCUT2D eigenvalue weighted by atomic mass is 32.2. The van der Waals surface area contributed by atoms with E-state index in [-0.39, 0.29) is 29.0 Å². The number of hydrazone groups is 1. The molecule has 0 aliphatic carbocycles. The van der Waals surface area contributed by atoms with E-state index in [1.54, 1.807) is 0 Å². The smallest absolute Gasteiger partial charge is 0.241 e. The average molecular weight is 389 g/mol. The molecule has 0 aromatic heterocycles. The predicted octanol–water partition coefficient (Wildman–Crippen LogP) is 3.04. The van der Waals surface area contributed by atoms with Crippen LogP contribution in [0.4, 0.5) is 8.78 Å². The number of hydrogen-bond acceptors (Lipinski definition) is 5. The third-order valence-electron chi connectivity index (χ3n) is 4.77. The third kappa shape index (κ3) is 2.71. The second-order valence-electron chi connectivity index (χ2n) is 6.40. The minimum absolute atomic E-state index is 0.0165. The summed E-state index contributed by atoms with van der Waals surface area (Å²) in [7, 11) is 0. The largest absolute Gasteiger partial charge is 0.493 e. The van der Waals surface area contributed by atoms with E-state index in [0.717, 1.165) is 23.8 Å². The molecule has 2 aliphatic heterocycles. The first kappa shape index (κ1) is 17.9.